The van der Waals surface area contributed by atoms with Crippen molar-refractivity contribution in [2.45, 2.75) is 31.8 Å². The second kappa shape index (κ2) is 7.26. The van der Waals surface area contributed by atoms with Crippen molar-refractivity contribution in [2.75, 3.05) is 13.1 Å². The first-order chi connectivity index (χ1) is 10.5. The largest absolute Gasteiger partial charge is 0.481 e. The SMILES string of the molecule is O=C(O)CCCNC(=O)NCC1(C(O)c2ccccc2)CC1. The molecular weight excluding hydrogens is 284 g/mol. The number of carbonyl (C=O) groups is 2. The van der Waals surface area contributed by atoms with Gasteiger partial charge in [0.25, 0.3) is 0 Å². The van der Waals surface area contributed by atoms with E-state index in [0.29, 0.717) is 19.5 Å². The Morgan fingerprint density at radius 2 is 1.86 bits per heavy atom. The smallest absolute Gasteiger partial charge is 0.314 e. The van der Waals surface area contributed by atoms with E-state index in [-0.39, 0.29) is 17.9 Å². The Morgan fingerprint density at radius 1 is 1.18 bits per heavy atom. The summed E-state index contributed by atoms with van der Waals surface area (Å²) in [6.45, 7) is 0.736. The fourth-order valence-electron chi connectivity index (χ4n) is 2.46. The number of aliphatic carboxylic acids is 1. The van der Waals surface area contributed by atoms with E-state index in [9.17, 15) is 14.7 Å². The molecule has 0 aromatic heterocycles. The lowest BCUT2D eigenvalue weighted by molar-refractivity contribution is -0.137. The predicted molar refractivity (Wildman–Crippen MR) is 81.3 cm³/mol. The number of hydrogen-bond donors (Lipinski definition) is 4. The van der Waals surface area contributed by atoms with Crippen LogP contribution in [-0.2, 0) is 4.79 Å². The number of carbonyl (C=O) groups excluding carboxylic acids is 1. The molecule has 1 aliphatic rings. The van der Waals surface area contributed by atoms with Gasteiger partial charge < -0.3 is 20.8 Å². The zero-order valence-corrected chi connectivity index (χ0v) is 12.4. The third-order valence-electron chi connectivity index (χ3n) is 4.04. The summed E-state index contributed by atoms with van der Waals surface area (Å²) in [4.78, 5) is 22.0. The molecule has 1 aromatic rings. The van der Waals surface area contributed by atoms with E-state index in [1.807, 2.05) is 30.3 Å². The average Bonchev–Trinajstić information content (AvgIpc) is 3.31. The van der Waals surface area contributed by atoms with Crippen LogP contribution in [0, 0.1) is 5.41 Å². The Kier molecular flexibility index (Phi) is 5.38. The number of rotatable bonds is 8. The Labute approximate surface area is 129 Å². The van der Waals surface area contributed by atoms with Crippen molar-refractivity contribution in [1.82, 2.24) is 10.6 Å². The minimum Gasteiger partial charge on any atom is -0.481 e. The van der Waals surface area contributed by atoms with Gasteiger partial charge in [-0.3, -0.25) is 4.79 Å². The number of amides is 2. The molecule has 0 spiro atoms. The zero-order valence-electron chi connectivity index (χ0n) is 12.4. The van der Waals surface area contributed by atoms with Crippen LogP contribution < -0.4 is 10.6 Å². The van der Waals surface area contributed by atoms with Gasteiger partial charge in [-0.15, -0.1) is 0 Å². The maximum Gasteiger partial charge on any atom is 0.314 e. The summed E-state index contributed by atoms with van der Waals surface area (Å²) >= 11 is 0. The Hall–Kier alpha value is -2.08. The van der Waals surface area contributed by atoms with E-state index in [0.717, 1.165) is 18.4 Å². The minimum absolute atomic E-state index is 0.0386. The van der Waals surface area contributed by atoms with Gasteiger partial charge in [-0.2, -0.15) is 0 Å². The van der Waals surface area contributed by atoms with Crippen molar-refractivity contribution >= 4 is 12.0 Å². The maximum absolute atomic E-state index is 11.7. The number of benzene rings is 1. The van der Waals surface area contributed by atoms with Gasteiger partial charge in [0.05, 0.1) is 6.10 Å². The van der Waals surface area contributed by atoms with Crippen LogP contribution in [0.1, 0.15) is 37.4 Å². The van der Waals surface area contributed by atoms with Gasteiger partial charge >= 0.3 is 12.0 Å². The third kappa shape index (κ3) is 4.46. The van der Waals surface area contributed by atoms with E-state index in [1.165, 1.54) is 0 Å². The van der Waals surface area contributed by atoms with E-state index >= 15 is 0 Å². The van der Waals surface area contributed by atoms with E-state index < -0.39 is 12.1 Å². The molecule has 0 bridgehead atoms. The highest BCUT2D eigenvalue weighted by atomic mass is 16.4. The van der Waals surface area contributed by atoms with E-state index in [4.69, 9.17) is 5.11 Å². The molecule has 0 radical (unpaired) electrons. The summed E-state index contributed by atoms with van der Waals surface area (Å²) in [5.74, 6) is -0.870. The molecule has 1 fully saturated rings. The topological polar surface area (TPSA) is 98.7 Å². The second-order valence-electron chi connectivity index (χ2n) is 5.78. The van der Waals surface area contributed by atoms with E-state index in [2.05, 4.69) is 10.6 Å². The normalized spacial score (nSPS) is 16.6. The Morgan fingerprint density at radius 3 is 2.45 bits per heavy atom. The molecule has 0 aliphatic heterocycles. The highest BCUT2D eigenvalue weighted by Gasteiger charge is 2.49. The van der Waals surface area contributed by atoms with Crippen LogP contribution in [0.4, 0.5) is 4.79 Å². The molecule has 1 saturated carbocycles. The van der Waals surface area contributed by atoms with Crippen molar-refractivity contribution in [2.24, 2.45) is 5.41 Å². The molecule has 1 atom stereocenters. The number of carboxylic acids is 1. The lowest BCUT2D eigenvalue weighted by atomic mass is 9.93. The summed E-state index contributed by atoms with van der Waals surface area (Å²) in [7, 11) is 0. The molecule has 6 nitrogen and oxygen atoms in total. The van der Waals surface area contributed by atoms with Crippen LogP contribution in [0.5, 0.6) is 0 Å². The van der Waals surface area contributed by atoms with Gasteiger partial charge in [-0.25, -0.2) is 4.79 Å². The zero-order chi connectivity index (χ0) is 16.0. The molecule has 1 aliphatic carbocycles. The van der Waals surface area contributed by atoms with Gasteiger partial charge in [0.1, 0.15) is 0 Å². The molecule has 2 rings (SSSR count). The maximum atomic E-state index is 11.7. The molecule has 0 heterocycles. The van der Waals surface area contributed by atoms with Gasteiger partial charge in [-0.1, -0.05) is 30.3 Å². The number of urea groups is 1. The first-order valence-corrected chi connectivity index (χ1v) is 7.50. The quantitative estimate of drug-likeness (QED) is 0.549. The van der Waals surface area contributed by atoms with Gasteiger partial charge in [0.15, 0.2) is 0 Å². The fourth-order valence-corrected chi connectivity index (χ4v) is 2.46. The van der Waals surface area contributed by atoms with Crippen molar-refractivity contribution in [3.63, 3.8) is 0 Å². The predicted octanol–water partition coefficient (Wildman–Crippen LogP) is 1.66. The van der Waals surface area contributed by atoms with E-state index in [1.54, 1.807) is 0 Å². The fraction of sp³-hybridized carbons (Fsp3) is 0.500. The second-order valence-corrected chi connectivity index (χ2v) is 5.78. The lowest BCUT2D eigenvalue weighted by Crippen LogP contribution is -2.40. The van der Waals surface area contributed by atoms with Crippen LogP contribution >= 0.6 is 0 Å². The van der Waals surface area contributed by atoms with Crippen LogP contribution in [-0.4, -0.2) is 35.3 Å². The Balaban J connectivity index is 1.74. The molecule has 22 heavy (non-hydrogen) atoms. The molecule has 2 amide bonds. The van der Waals surface area contributed by atoms with Gasteiger partial charge in [-0.05, 0) is 24.8 Å². The molecule has 1 unspecified atom stereocenters. The number of carboxylic acid groups (broad SMARTS) is 1. The number of aliphatic hydroxyl groups is 1. The summed E-state index contributed by atoms with van der Waals surface area (Å²) < 4.78 is 0. The number of hydrogen-bond acceptors (Lipinski definition) is 3. The minimum atomic E-state index is -0.870. The first kappa shape index (κ1) is 16.3. The van der Waals surface area contributed by atoms with Crippen LogP contribution in [0.25, 0.3) is 0 Å². The van der Waals surface area contributed by atoms with Gasteiger partial charge in [0, 0.05) is 24.9 Å². The molecule has 6 heteroatoms. The highest BCUT2D eigenvalue weighted by molar-refractivity contribution is 5.74. The summed E-state index contributed by atoms with van der Waals surface area (Å²) in [5.41, 5.74) is 0.586. The average molecular weight is 306 g/mol. The monoisotopic (exact) mass is 306 g/mol. The van der Waals surface area contributed by atoms with Crippen molar-refractivity contribution in [3.8, 4) is 0 Å². The number of aliphatic hydroxyl groups excluding tert-OH is 1. The summed E-state index contributed by atoms with van der Waals surface area (Å²) in [6.07, 6.45) is 1.61. The molecule has 1 aromatic carbocycles. The number of nitrogens with one attached hydrogen (secondary N) is 2. The van der Waals surface area contributed by atoms with Crippen LogP contribution in [0.3, 0.4) is 0 Å². The summed E-state index contributed by atoms with van der Waals surface area (Å²) in [5, 5.41) is 24.4. The first-order valence-electron chi connectivity index (χ1n) is 7.50. The van der Waals surface area contributed by atoms with Crippen LogP contribution in [0.15, 0.2) is 30.3 Å². The van der Waals surface area contributed by atoms with Crippen molar-refractivity contribution in [1.29, 1.82) is 0 Å². The third-order valence-corrected chi connectivity index (χ3v) is 4.04. The molecule has 4 N–H and O–H groups in total. The summed E-state index contributed by atoms with van der Waals surface area (Å²) in [6, 6.07) is 9.12. The molecular formula is C16H22N2O4. The van der Waals surface area contributed by atoms with Crippen molar-refractivity contribution in [3.05, 3.63) is 35.9 Å². The van der Waals surface area contributed by atoms with Gasteiger partial charge in [0.2, 0.25) is 0 Å². The lowest BCUT2D eigenvalue weighted by Gasteiger charge is -2.23. The molecule has 0 saturated heterocycles. The molecule has 120 valence electrons. The standard InChI is InChI=1S/C16H22N2O4/c19-13(20)7-4-10-17-15(22)18-11-16(8-9-16)14(21)12-5-2-1-3-6-12/h1-3,5-6,14,21H,4,7-11H2,(H,19,20)(H2,17,18,22). The highest BCUT2D eigenvalue weighted by Crippen LogP contribution is 2.54. The Bertz CT molecular complexity index is 514. The van der Waals surface area contributed by atoms with Crippen LogP contribution in [0.2, 0.25) is 0 Å². The van der Waals surface area contributed by atoms with Crippen molar-refractivity contribution < 1.29 is 19.8 Å².